The topological polar surface area (TPSA) is 49.3 Å². The van der Waals surface area contributed by atoms with Gasteiger partial charge < -0.3 is 9.80 Å². The van der Waals surface area contributed by atoms with Gasteiger partial charge in [-0.1, -0.05) is 12.2 Å². The molecule has 0 N–H and O–H groups in total. The highest BCUT2D eigenvalue weighted by Crippen LogP contribution is 2.20. The molecule has 0 bridgehead atoms. The van der Waals surface area contributed by atoms with Crippen LogP contribution in [0.3, 0.4) is 0 Å². The lowest BCUT2D eigenvalue weighted by atomic mass is 9.94. The van der Waals surface area contributed by atoms with Gasteiger partial charge in [0.1, 0.15) is 0 Å². The minimum absolute atomic E-state index is 0.111. The van der Waals surface area contributed by atoms with Gasteiger partial charge in [-0.15, -0.1) is 0 Å². The van der Waals surface area contributed by atoms with E-state index in [9.17, 15) is 4.79 Å². The van der Waals surface area contributed by atoms with E-state index in [1.54, 1.807) is 12.4 Å². The Hall–Kier alpha value is -2.27. The van der Waals surface area contributed by atoms with E-state index < -0.39 is 0 Å². The van der Waals surface area contributed by atoms with Crippen molar-refractivity contribution in [2.75, 3.05) is 32.7 Å². The molecule has 1 aliphatic heterocycles. The van der Waals surface area contributed by atoms with E-state index in [0.717, 1.165) is 56.1 Å². The van der Waals surface area contributed by atoms with Crippen molar-refractivity contribution in [3.05, 3.63) is 48.3 Å². The van der Waals surface area contributed by atoms with Crippen molar-refractivity contribution in [3.8, 4) is 0 Å². The minimum Gasteiger partial charge on any atom is -0.337 e. The molecule has 1 saturated heterocycles. The van der Waals surface area contributed by atoms with Crippen LogP contribution in [0.4, 0.5) is 0 Å². The summed E-state index contributed by atoms with van der Waals surface area (Å²) in [6, 6.07) is 5.62. The molecule has 1 atom stereocenters. The smallest absolute Gasteiger partial charge is 0.253 e. The molecule has 0 saturated carbocycles. The molecule has 1 aliphatic carbocycles. The van der Waals surface area contributed by atoms with E-state index in [-0.39, 0.29) is 5.91 Å². The summed E-state index contributed by atoms with van der Waals surface area (Å²) < 4.78 is 0. The first-order valence-corrected chi connectivity index (χ1v) is 9.67. The lowest BCUT2D eigenvalue weighted by Gasteiger charge is -2.27. The third-order valence-electron chi connectivity index (χ3n) is 5.49. The number of aromatic nitrogens is 2. The maximum Gasteiger partial charge on any atom is 0.253 e. The first-order chi connectivity index (χ1) is 12.8. The SMILES string of the molecule is O=C(c1ccc2nccnc2c1)N1CCCN(CC2CC=CCC2)CC1. The summed E-state index contributed by atoms with van der Waals surface area (Å²) in [4.78, 5) is 26.1. The van der Waals surface area contributed by atoms with Crippen LogP contribution in [0.5, 0.6) is 0 Å². The van der Waals surface area contributed by atoms with Crippen molar-refractivity contribution in [2.24, 2.45) is 5.92 Å². The molecule has 1 unspecified atom stereocenters. The quantitative estimate of drug-likeness (QED) is 0.798. The molecule has 1 aromatic heterocycles. The van der Waals surface area contributed by atoms with Crippen LogP contribution in [0.25, 0.3) is 11.0 Å². The molecule has 0 radical (unpaired) electrons. The highest BCUT2D eigenvalue weighted by atomic mass is 16.2. The average Bonchev–Trinajstić information content (AvgIpc) is 2.93. The van der Waals surface area contributed by atoms with Crippen LogP contribution in [0.2, 0.25) is 0 Å². The number of hydrogen-bond acceptors (Lipinski definition) is 4. The standard InChI is InChI=1S/C21H26N4O/c26-21(18-7-8-19-20(15-18)23-10-9-22-19)25-12-4-11-24(13-14-25)16-17-5-2-1-3-6-17/h1-2,7-10,15,17H,3-6,11-14,16H2. The van der Waals surface area contributed by atoms with E-state index in [4.69, 9.17) is 0 Å². The zero-order valence-corrected chi connectivity index (χ0v) is 15.2. The molecular weight excluding hydrogens is 324 g/mol. The predicted octanol–water partition coefficient (Wildman–Crippen LogP) is 3.13. The van der Waals surface area contributed by atoms with E-state index in [1.807, 2.05) is 23.1 Å². The van der Waals surface area contributed by atoms with Gasteiger partial charge in [-0.25, -0.2) is 0 Å². The van der Waals surface area contributed by atoms with Crippen LogP contribution < -0.4 is 0 Å². The first kappa shape index (κ1) is 17.2. The molecule has 1 aromatic carbocycles. The van der Waals surface area contributed by atoms with E-state index in [0.29, 0.717) is 5.56 Å². The third kappa shape index (κ3) is 3.93. The van der Waals surface area contributed by atoms with Gasteiger partial charge in [-0.05, 0) is 56.3 Å². The second-order valence-corrected chi connectivity index (χ2v) is 7.36. The number of rotatable bonds is 3. The van der Waals surface area contributed by atoms with Crippen LogP contribution in [0.1, 0.15) is 36.0 Å². The molecule has 5 nitrogen and oxygen atoms in total. The van der Waals surface area contributed by atoms with Gasteiger partial charge in [0.15, 0.2) is 0 Å². The number of hydrogen-bond donors (Lipinski definition) is 0. The molecular formula is C21H26N4O. The third-order valence-corrected chi connectivity index (χ3v) is 5.49. The van der Waals surface area contributed by atoms with Crippen LogP contribution in [0.15, 0.2) is 42.7 Å². The Kier molecular flexibility index (Phi) is 5.25. The highest BCUT2D eigenvalue weighted by Gasteiger charge is 2.22. The van der Waals surface area contributed by atoms with Crippen molar-refractivity contribution in [3.63, 3.8) is 0 Å². The van der Waals surface area contributed by atoms with Gasteiger partial charge in [-0.3, -0.25) is 14.8 Å². The number of fused-ring (bicyclic) bond motifs is 1. The summed E-state index contributed by atoms with van der Waals surface area (Å²) in [6.45, 7) is 4.86. The number of allylic oxidation sites excluding steroid dienone is 2. The largest absolute Gasteiger partial charge is 0.337 e. The minimum atomic E-state index is 0.111. The fourth-order valence-electron chi connectivity index (χ4n) is 4.02. The van der Waals surface area contributed by atoms with E-state index >= 15 is 0 Å². The van der Waals surface area contributed by atoms with Crippen molar-refractivity contribution >= 4 is 16.9 Å². The van der Waals surface area contributed by atoms with Crippen LogP contribution >= 0.6 is 0 Å². The monoisotopic (exact) mass is 350 g/mol. The van der Waals surface area contributed by atoms with Gasteiger partial charge in [0.2, 0.25) is 0 Å². The lowest BCUT2D eigenvalue weighted by molar-refractivity contribution is 0.0760. The molecule has 26 heavy (non-hydrogen) atoms. The predicted molar refractivity (Wildman–Crippen MR) is 103 cm³/mol. The molecule has 136 valence electrons. The Bertz CT molecular complexity index is 803. The molecule has 1 fully saturated rings. The summed E-state index contributed by atoms with van der Waals surface area (Å²) >= 11 is 0. The van der Waals surface area contributed by atoms with Gasteiger partial charge in [0.05, 0.1) is 11.0 Å². The Labute approximate surface area is 154 Å². The summed E-state index contributed by atoms with van der Waals surface area (Å²) in [5.74, 6) is 0.890. The summed E-state index contributed by atoms with van der Waals surface area (Å²) in [7, 11) is 0. The maximum atomic E-state index is 12.9. The molecule has 0 spiro atoms. The fourth-order valence-corrected chi connectivity index (χ4v) is 4.02. The number of benzene rings is 1. The van der Waals surface area contributed by atoms with Gasteiger partial charge in [0, 0.05) is 44.1 Å². The normalized spacial score (nSPS) is 21.7. The van der Waals surface area contributed by atoms with Crippen LogP contribution in [-0.2, 0) is 0 Å². The average molecular weight is 350 g/mol. The number of amides is 1. The summed E-state index contributed by atoms with van der Waals surface area (Å²) in [6.07, 6.45) is 12.7. The zero-order valence-electron chi connectivity index (χ0n) is 15.2. The molecule has 1 amide bonds. The Morgan fingerprint density at radius 2 is 1.92 bits per heavy atom. The molecule has 2 heterocycles. The Balaban J connectivity index is 1.39. The Morgan fingerprint density at radius 3 is 2.77 bits per heavy atom. The highest BCUT2D eigenvalue weighted by molar-refractivity contribution is 5.97. The van der Waals surface area contributed by atoms with Gasteiger partial charge in [0.25, 0.3) is 5.91 Å². The van der Waals surface area contributed by atoms with Crippen molar-refractivity contribution in [2.45, 2.75) is 25.7 Å². The second kappa shape index (κ2) is 7.96. The summed E-state index contributed by atoms with van der Waals surface area (Å²) in [5, 5.41) is 0. The Morgan fingerprint density at radius 1 is 1.04 bits per heavy atom. The number of nitrogens with zero attached hydrogens (tertiary/aromatic N) is 4. The van der Waals surface area contributed by atoms with Crippen LogP contribution in [0, 0.1) is 5.92 Å². The number of carbonyl (C=O) groups excluding carboxylic acids is 1. The van der Waals surface area contributed by atoms with Crippen LogP contribution in [-0.4, -0.2) is 58.4 Å². The van der Waals surface area contributed by atoms with Gasteiger partial charge in [-0.2, -0.15) is 0 Å². The molecule has 2 aromatic rings. The molecule has 4 rings (SSSR count). The lowest BCUT2D eigenvalue weighted by Crippen LogP contribution is -2.36. The van der Waals surface area contributed by atoms with Gasteiger partial charge >= 0.3 is 0 Å². The second-order valence-electron chi connectivity index (χ2n) is 7.36. The van der Waals surface area contributed by atoms with Crippen molar-refractivity contribution < 1.29 is 4.79 Å². The molecule has 5 heteroatoms. The molecule has 2 aliphatic rings. The summed E-state index contributed by atoms with van der Waals surface area (Å²) in [5.41, 5.74) is 2.32. The van der Waals surface area contributed by atoms with E-state index in [2.05, 4.69) is 27.0 Å². The maximum absolute atomic E-state index is 12.9. The first-order valence-electron chi connectivity index (χ1n) is 9.67. The van der Waals surface area contributed by atoms with Crippen molar-refractivity contribution in [1.82, 2.24) is 19.8 Å². The van der Waals surface area contributed by atoms with Crippen molar-refractivity contribution in [1.29, 1.82) is 0 Å². The number of carbonyl (C=O) groups is 1. The van der Waals surface area contributed by atoms with E-state index in [1.165, 1.54) is 19.3 Å². The zero-order chi connectivity index (χ0) is 17.8. The fraction of sp³-hybridized carbons (Fsp3) is 0.476.